The Morgan fingerprint density at radius 2 is 1.76 bits per heavy atom. The van der Waals surface area contributed by atoms with Crippen molar-refractivity contribution >= 4 is 5.69 Å². The first-order chi connectivity index (χ1) is 9.93. The summed E-state index contributed by atoms with van der Waals surface area (Å²) in [7, 11) is 0. The van der Waals surface area contributed by atoms with Crippen molar-refractivity contribution in [2.45, 2.75) is 30.7 Å². The maximum Gasteiger partial charge on any atom is 0.269 e. The highest BCUT2D eigenvalue weighted by atomic mass is 16.7. The van der Waals surface area contributed by atoms with E-state index in [0.29, 0.717) is 0 Å². The van der Waals surface area contributed by atoms with E-state index < -0.39 is 42.2 Å². The third-order valence-corrected chi connectivity index (χ3v) is 3.15. The van der Waals surface area contributed by atoms with Gasteiger partial charge in [-0.2, -0.15) is 0 Å². The topological polar surface area (TPSA) is 143 Å². The molecule has 1 aliphatic rings. The molecule has 0 unspecified atom stereocenters. The third kappa shape index (κ3) is 3.28. The molecular formula is C12H15NO8. The SMILES string of the molecule is O=[N+]([O-])c1ccc(O[C@H]2O[C@@H](CO)[C@@H](O)[C@H](O)[C@H]2O)cc1. The Morgan fingerprint density at radius 1 is 1.14 bits per heavy atom. The lowest BCUT2D eigenvalue weighted by Crippen LogP contribution is -2.60. The van der Waals surface area contributed by atoms with Gasteiger partial charge in [-0.25, -0.2) is 0 Å². The molecule has 9 nitrogen and oxygen atoms in total. The molecule has 1 aromatic rings. The Kier molecular flexibility index (Phi) is 4.70. The molecule has 1 fully saturated rings. The molecule has 1 aromatic carbocycles. The number of nitro benzene ring substituents is 1. The molecule has 0 aromatic heterocycles. The van der Waals surface area contributed by atoms with Gasteiger partial charge in [-0.3, -0.25) is 10.1 Å². The van der Waals surface area contributed by atoms with Crippen molar-refractivity contribution in [3.63, 3.8) is 0 Å². The first-order valence-corrected chi connectivity index (χ1v) is 6.15. The molecule has 2 rings (SSSR count). The van der Waals surface area contributed by atoms with Gasteiger partial charge >= 0.3 is 0 Å². The van der Waals surface area contributed by atoms with E-state index in [0.717, 1.165) is 0 Å². The van der Waals surface area contributed by atoms with Gasteiger partial charge in [-0.15, -0.1) is 0 Å². The van der Waals surface area contributed by atoms with Gasteiger partial charge in [-0.1, -0.05) is 0 Å². The molecule has 5 atom stereocenters. The van der Waals surface area contributed by atoms with Crippen LogP contribution < -0.4 is 4.74 Å². The quantitative estimate of drug-likeness (QED) is 0.400. The Hall–Kier alpha value is -1.78. The molecule has 0 saturated carbocycles. The molecule has 1 heterocycles. The van der Waals surface area contributed by atoms with Gasteiger partial charge in [0, 0.05) is 12.1 Å². The van der Waals surface area contributed by atoms with Crippen molar-refractivity contribution in [2.24, 2.45) is 0 Å². The number of ether oxygens (including phenoxy) is 2. The molecule has 0 radical (unpaired) electrons. The fourth-order valence-corrected chi connectivity index (χ4v) is 1.95. The molecule has 0 spiro atoms. The van der Waals surface area contributed by atoms with Crippen LogP contribution in [0.3, 0.4) is 0 Å². The van der Waals surface area contributed by atoms with Crippen LogP contribution in [0.5, 0.6) is 5.75 Å². The molecular weight excluding hydrogens is 286 g/mol. The number of rotatable bonds is 4. The summed E-state index contributed by atoms with van der Waals surface area (Å²) in [5.41, 5.74) is -0.129. The van der Waals surface area contributed by atoms with Crippen molar-refractivity contribution < 1.29 is 34.8 Å². The van der Waals surface area contributed by atoms with Gasteiger partial charge in [0.2, 0.25) is 6.29 Å². The van der Waals surface area contributed by atoms with Gasteiger partial charge < -0.3 is 29.9 Å². The summed E-state index contributed by atoms with van der Waals surface area (Å²) in [5, 5.41) is 48.6. The Morgan fingerprint density at radius 3 is 2.29 bits per heavy atom. The molecule has 21 heavy (non-hydrogen) atoms. The summed E-state index contributed by atoms with van der Waals surface area (Å²) in [6, 6.07) is 5.03. The van der Waals surface area contributed by atoms with Crippen LogP contribution in [0.2, 0.25) is 0 Å². The molecule has 0 amide bonds. The summed E-state index contributed by atoms with van der Waals surface area (Å²) >= 11 is 0. The van der Waals surface area contributed by atoms with E-state index in [2.05, 4.69) is 0 Å². The largest absolute Gasteiger partial charge is 0.462 e. The highest BCUT2D eigenvalue weighted by molar-refractivity contribution is 5.36. The fourth-order valence-electron chi connectivity index (χ4n) is 1.95. The zero-order valence-corrected chi connectivity index (χ0v) is 10.8. The minimum Gasteiger partial charge on any atom is -0.462 e. The number of aliphatic hydroxyl groups is 4. The van der Waals surface area contributed by atoms with Gasteiger partial charge in [0.1, 0.15) is 30.2 Å². The average Bonchev–Trinajstić information content (AvgIpc) is 2.48. The smallest absolute Gasteiger partial charge is 0.269 e. The molecule has 0 bridgehead atoms. The van der Waals surface area contributed by atoms with Crippen LogP contribution >= 0.6 is 0 Å². The van der Waals surface area contributed by atoms with E-state index in [1.54, 1.807) is 0 Å². The minimum atomic E-state index is -1.54. The summed E-state index contributed by atoms with van der Waals surface area (Å²) in [6.07, 6.45) is -6.94. The van der Waals surface area contributed by atoms with E-state index in [1.165, 1.54) is 24.3 Å². The number of hydrogen-bond acceptors (Lipinski definition) is 8. The Bertz CT molecular complexity index is 491. The molecule has 1 saturated heterocycles. The van der Waals surface area contributed by atoms with Gasteiger partial charge in [0.25, 0.3) is 5.69 Å². The Labute approximate surface area is 119 Å². The van der Waals surface area contributed by atoms with Crippen LogP contribution in [0.15, 0.2) is 24.3 Å². The summed E-state index contributed by atoms with van der Waals surface area (Å²) in [6.45, 7) is -0.564. The molecule has 116 valence electrons. The van der Waals surface area contributed by atoms with E-state index in [4.69, 9.17) is 14.6 Å². The monoisotopic (exact) mass is 301 g/mol. The average molecular weight is 301 g/mol. The number of hydrogen-bond donors (Lipinski definition) is 4. The van der Waals surface area contributed by atoms with Crippen molar-refractivity contribution in [3.05, 3.63) is 34.4 Å². The van der Waals surface area contributed by atoms with E-state index in [-0.39, 0.29) is 11.4 Å². The number of non-ortho nitro benzene ring substituents is 1. The lowest BCUT2D eigenvalue weighted by atomic mass is 9.99. The second kappa shape index (κ2) is 6.33. The normalized spacial score (nSPS) is 32.7. The maximum absolute atomic E-state index is 10.5. The zero-order chi connectivity index (χ0) is 15.6. The fraction of sp³-hybridized carbons (Fsp3) is 0.500. The van der Waals surface area contributed by atoms with Crippen molar-refractivity contribution in [1.82, 2.24) is 0 Å². The second-order valence-corrected chi connectivity index (χ2v) is 4.57. The Balaban J connectivity index is 2.08. The van der Waals surface area contributed by atoms with E-state index in [1.807, 2.05) is 0 Å². The van der Waals surface area contributed by atoms with E-state index >= 15 is 0 Å². The van der Waals surface area contributed by atoms with E-state index in [9.17, 15) is 25.4 Å². The van der Waals surface area contributed by atoms with Crippen LogP contribution in [0.1, 0.15) is 0 Å². The van der Waals surface area contributed by atoms with Crippen LogP contribution in [0, 0.1) is 10.1 Å². The van der Waals surface area contributed by atoms with Gasteiger partial charge in [0.05, 0.1) is 11.5 Å². The van der Waals surface area contributed by atoms with Gasteiger partial charge in [-0.05, 0) is 12.1 Å². The summed E-state index contributed by atoms with van der Waals surface area (Å²) in [5.74, 6) is 0.171. The first-order valence-electron chi connectivity index (χ1n) is 6.15. The number of benzene rings is 1. The van der Waals surface area contributed by atoms with Crippen molar-refractivity contribution in [3.8, 4) is 5.75 Å². The minimum absolute atomic E-state index is 0.129. The first kappa shape index (κ1) is 15.6. The zero-order valence-electron chi connectivity index (χ0n) is 10.8. The predicted molar refractivity (Wildman–Crippen MR) is 67.5 cm³/mol. The van der Waals surface area contributed by atoms with Crippen molar-refractivity contribution in [1.29, 1.82) is 0 Å². The van der Waals surface area contributed by atoms with Crippen LogP contribution in [0.25, 0.3) is 0 Å². The molecule has 1 aliphatic heterocycles. The molecule has 9 heteroatoms. The highest BCUT2D eigenvalue weighted by Gasteiger charge is 2.44. The lowest BCUT2D eigenvalue weighted by molar-refractivity contribution is -0.384. The van der Waals surface area contributed by atoms with Gasteiger partial charge in [0.15, 0.2) is 0 Å². The number of nitrogens with zero attached hydrogens (tertiary/aromatic N) is 1. The van der Waals surface area contributed by atoms with Crippen LogP contribution in [0.4, 0.5) is 5.69 Å². The lowest BCUT2D eigenvalue weighted by Gasteiger charge is -2.39. The maximum atomic E-state index is 10.5. The van der Waals surface area contributed by atoms with Crippen LogP contribution in [-0.4, -0.2) is 62.7 Å². The second-order valence-electron chi connectivity index (χ2n) is 4.57. The summed E-state index contributed by atoms with van der Waals surface area (Å²) in [4.78, 5) is 9.95. The number of nitro groups is 1. The molecule has 4 N–H and O–H groups in total. The highest BCUT2D eigenvalue weighted by Crippen LogP contribution is 2.25. The predicted octanol–water partition coefficient (Wildman–Crippen LogP) is -1.23. The van der Waals surface area contributed by atoms with Crippen LogP contribution in [-0.2, 0) is 4.74 Å². The van der Waals surface area contributed by atoms with Crippen molar-refractivity contribution in [2.75, 3.05) is 6.61 Å². The standard InChI is InChI=1S/C12H15NO8/c14-5-8-9(15)10(16)11(17)12(21-8)20-7-3-1-6(2-4-7)13(18)19/h1-4,8-12,14-17H,5H2/t8-,9+,10-,11+,12-/m0/s1. The summed E-state index contributed by atoms with van der Waals surface area (Å²) < 4.78 is 10.4. The number of aliphatic hydroxyl groups excluding tert-OH is 4. The molecule has 0 aliphatic carbocycles. The third-order valence-electron chi connectivity index (χ3n) is 3.15.